The number of thioether (sulfide) groups is 1. The number of ether oxygens (including phenoxy) is 1. The van der Waals surface area contributed by atoms with Gasteiger partial charge in [0.2, 0.25) is 0 Å². The number of carbonyl (C=O) groups is 3. The minimum absolute atomic E-state index is 0.00514. The van der Waals surface area contributed by atoms with E-state index >= 15 is 0 Å². The van der Waals surface area contributed by atoms with Gasteiger partial charge in [-0.2, -0.15) is 0 Å². The van der Waals surface area contributed by atoms with E-state index in [9.17, 15) is 14.4 Å². The molecule has 0 amide bonds. The molecule has 5 heteroatoms. The number of allylic oxidation sites excluding steroid dienone is 4. The van der Waals surface area contributed by atoms with Crippen LogP contribution in [0.3, 0.4) is 0 Å². The van der Waals surface area contributed by atoms with Gasteiger partial charge in [-0.25, -0.2) is 4.79 Å². The van der Waals surface area contributed by atoms with Crippen molar-refractivity contribution < 1.29 is 19.1 Å². The fourth-order valence-electron chi connectivity index (χ4n) is 7.83. The van der Waals surface area contributed by atoms with E-state index in [0.29, 0.717) is 24.3 Å². The second-order valence-corrected chi connectivity index (χ2v) is 12.1. The lowest BCUT2D eigenvalue weighted by molar-refractivity contribution is -0.135. The van der Waals surface area contributed by atoms with Crippen LogP contribution in [-0.2, 0) is 14.3 Å². The topological polar surface area (TPSA) is 60.4 Å². The summed E-state index contributed by atoms with van der Waals surface area (Å²) in [6.45, 7) is 6.21. The molecule has 2 fully saturated rings. The monoisotopic (exact) mass is 478 g/mol. The minimum Gasteiger partial charge on any atom is -0.458 e. The van der Waals surface area contributed by atoms with Crippen LogP contribution in [0.5, 0.6) is 0 Å². The van der Waals surface area contributed by atoms with E-state index in [4.69, 9.17) is 4.74 Å². The molecule has 1 aromatic rings. The summed E-state index contributed by atoms with van der Waals surface area (Å²) in [4.78, 5) is 39.3. The number of benzene rings is 1. The zero-order valence-corrected chi connectivity index (χ0v) is 21.3. The third kappa shape index (κ3) is 3.62. The Labute approximate surface area is 206 Å². The zero-order valence-electron chi connectivity index (χ0n) is 20.5. The lowest BCUT2D eigenvalue weighted by atomic mass is 9.47. The molecule has 4 nitrogen and oxygen atoms in total. The van der Waals surface area contributed by atoms with Crippen molar-refractivity contribution in [3.05, 3.63) is 53.6 Å². The number of carbonyl (C=O) groups excluding carboxylic acids is 3. The second-order valence-electron chi connectivity index (χ2n) is 11.2. The first-order valence-corrected chi connectivity index (χ1v) is 13.7. The van der Waals surface area contributed by atoms with E-state index < -0.39 is 0 Å². The molecule has 180 valence electrons. The van der Waals surface area contributed by atoms with Crippen molar-refractivity contribution in [2.45, 2.75) is 63.9 Å². The highest BCUT2D eigenvalue weighted by atomic mass is 32.2. The molecule has 5 rings (SSSR count). The fraction of sp³-hybridized carbons (Fsp3) is 0.552. The van der Waals surface area contributed by atoms with E-state index in [-0.39, 0.29) is 52.2 Å². The Morgan fingerprint density at radius 1 is 1.18 bits per heavy atom. The van der Waals surface area contributed by atoms with Crippen LogP contribution in [0.25, 0.3) is 0 Å². The van der Waals surface area contributed by atoms with Crippen molar-refractivity contribution in [2.75, 3.05) is 6.26 Å². The number of esters is 1. The normalized spacial score (nSPS) is 38.4. The quantitative estimate of drug-likeness (QED) is 0.389. The molecule has 0 spiro atoms. The third-order valence-electron chi connectivity index (χ3n) is 9.49. The van der Waals surface area contributed by atoms with Crippen LogP contribution in [0.4, 0.5) is 0 Å². The highest BCUT2D eigenvalue weighted by Crippen LogP contribution is 2.65. The van der Waals surface area contributed by atoms with E-state index in [1.807, 2.05) is 30.5 Å². The van der Waals surface area contributed by atoms with E-state index in [1.165, 1.54) is 0 Å². The molecule has 0 aromatic heterocycles. The Balaban J connectivity index is 1.56. The molecule has 0 saturated heterocycles. The number of hydrogen-bond acceptors (Lipinski definition) is 5. The van der Waals surface area contributed by atoms with Crippen molar-refractivity contribution in [3.63, 3.8) is 0 Å². The third-order valence-corrected chi connectivity index (χ3v) is 10.2. The molecule has 4 aliphatic carbocycles. The molecule has 0 N–H and O–H groups in total. The molecule has 0 heterocycles. The van der Waals surface area contributed by atoms with Gasteiger partial charge < -0.3 is 4.74 Å². The number of ketones is 2. The largest absolute Gasteiger partial charge is 0.458 e. The predicted octanol–water partition coefficient (Wildman–Crippen LogP) is 6.06. The van der Waals surface area contributed by atoms with Crippen LogP contribution >= 0.6 is 11.8 Å². The SMILES string of the molecule is CSc1cccc(C(=O)O[C@H]2C[C@]3(C)[C@@H](C(C)=O)CC[C@H]3[C@@H]3C=CC4=CC(=O)CC[C@@]4(C)[C@@H]32)c1. The van der Waals surface area contributed by atoms with Crippen LogP contribution in [-0.4, -0.2) is 29.9 Å². The Kier molecular flexibility index (Phi) is 5.91. The Morgan fingerprint density at radius 2 is 1.97 bits per heavy atom. The summed E-state index contributed by atoms with van der Waals surface area (Å²) in [6.07, 6.45) is 11.8. The maximum atomic E-state index is 13.4. The van der Waals surface area contributed by atoms with Gasteiger partial charge in [0.1, 0.15) is 11.9 Å². The first-order chi connectivity index (χ1) is 16.2. The lowest BCUT2D eigenvalue weighted by Crippen LogP contribution is -2.56. The van der Waals surface area contributed by atoms with Gasteiger partial charge in [0.05, 0.1) is 5.56 Å². The summed E-state index contributed by atoms with van der Waals surface area (Å²) in [5.74, 6) is 0.850. The Hall–Kier alpha value is -2.14. The molecule has 7 atom stereocenters. The maximum absolute atomic E-state index is 13.4. The molecule has 0 unspecified atom stereocenters. The average molecular weight is 479 g/mol. The van der Waals surface area contributed by atoms with Crippen LogP contribution in [0.2, 0.25) is 0 Å². The van der Waals surface area contributed by atoms with Gasteiger partial charge in [0.25, 0.3) is 0 Å². The smallest absolute Gasteiger partial charge is 0.338 e. The van der Waals surface area contributed by atoms with Gasteiger partial charge >= 0.3 is 5.97 Å². The first kappa shape index (κ1) is 23.6. The predicted molar refractivity (Wildman–Crippen MR) is 134 cm³/mol. The van der Waals surface area contributed by atoms with Crippen LogP contribution < -0.4 is 0 Å². The summed E-state index contributed by atoms with van der Waals surface area (Å²) in [5.41, 5.74) is 1.23. The number of hydrogen-bond donors (Lipinski definition) is 0. The van der Waals surface area contributed by atoms with Gasteiger partial charge in [0, 0.05) is 23.2 Å². The molecular formula is C29H34O4S. The van der Waals surface area contributed by atoms with Crippen molar-refractivity contribution in [1.82, 2.24) is 0 Å². The molecule has 0 radical (unpaired) electrons. The molecule has 0 aliphatic heterocycles. The summed E-state index contributed by atoms with van der Waals surface area (Å²) in [6, 6.07) is 7.58. The minimum atomic E-state index is -0.303. The van der Waals surface area contributed by atoms with Crippen molar-refractivity contribution in [3.8, 4) is 0 Å². The van der Waals surface area contributed by atoms with Gasteiger partial charge in [-0.3, -0.25) is 9.59 Å². The molecular weight excluding hydrogens is 444 g/mol. The van der Waals surface area contributed by atoms with Crippen LogP contribution in [0.1, 0.15) is 63.2 Å². The van der Waals surface area contributed by atoms with Gasteiger partial charge in [0.15, 0.2) is 5.78 Å². The highest BCUT2D eigenvalue weighted by molar-refractivity contribution is 7.98. The second kappa shape index (κ2) is 8.51. The van der Waals surface area contributed by atoms with Crippen molar-refractivity contribution >= 4 is 29.3 Å². The fourth-order valence-corrected chi connectivity index (χ4v) is 8.28. The van der Waals surface area contributed by atoms with E-state index in [2.05, 4.69) is 26.0 Å². The van der Waals surface area contributed by atoms with E-state index in [1.54, 1.807) is 24.8 Å². The lowest BCUT2D eigenvalue weighted by Gasteiger charge is -2.58. The van der Waals surface area contributed by atoms with Gasteiger partial charge in [-0.15, -0.1) is 11.8 Å². The summed E-state index contributed by atoms with van der Waals surface area (Å²) in [7, 11) is 0. The first-order valence-electron chi connectivity index (χ1n) is 12.5. The molecule has 0 bridgehead atoms. The zero-order chi connectivity index (χ0) is 24.3. The Bertz CT molecular complexity index is 1100. The molecule has 2 saturated carbocycles. The molecule has 1 aromatic carbocycles. The number of Topliss-reactive ketones (excluding diaryl/α,β-unsaturated/α-hetero) is 1. The molecule has 34 heavy (non-hydrogen) atoms. The standard InChI is InChI=1S/C29H34O4S/c1-17(30)23-10-11-24-22-9-8-19-15-20(31)12-13-28(19,2)26(22)25(16-29(23,24)3)33-27(32)18-6-5-7-21(14-18)34-4/h5-9,14-15,22-26H,10-13,16H2,1-4H3/t22-,23+,24-,25-,26-,28+,29+/m0/s1. The summed E-state index contributed by atoms with van der Waals surface area (Å²) >= 11 is 1.60. The maximum Gasteiger partial charge on any atom is 0.338 e. The van der Waals surface area contributed by atoms with Crippen LogP contribution in [0, 0.1) is 34.5 Å². The average Bonchev–Trinajstić information content (AvgIpc) is 3.16. The van der Waals surface area contributed by atoms with E-state index in [0.717, 1.165) is 29.7 Å². The number of fused-ring (bicyclic) bond motifs is 5. The highest BCUT2D eigenvalue weighted by Gasteiger charge is 2.62. The Morgan fingerprint density at radius 3 is 2.71 bits per heavy atom. The van der Waals surface area contributed by atoms with Crippen molar-refractivity contribution in [1.29, 1.82) is 0 Å². The summed E-state index contributed by atoms with van der Waals surface area (Å²) in [5, 5.41) is 0. The van der Waals surface area contributed by atoms with Gasteiger partial charge in [-0.1, -0.05) is 32.1 Å². The van der Waals surface area contributed by atoms with Gasteiger partial charge in [-0.05, 0) is 91.4 Å². The summed E-state index contributed by atoms with van der Waals surface area (Å²) < 4.78 is 6.38. The molecule has 4 aliphatic rings. The number of rotatable bonds is 4. The van der Waals surface area contributed by atoms with Crippen molar-refractivity contribution in [2.24, 2.45) is 34.5 Å². The van der Waals surface area contributed by atoms with Crippen LogP contribution in [0.15, 0.2) is 53.0 Å².